The molecule has 1 aromatic rings. The van der Waals surface area contributed by atoms with Crippen LogP contribution in [0.15, 0.2) is 24.3 Å². The maximum absolute atomic E-state index is 12.6. The van der Waals surface area contributed by atoms with E-state index in [-0.39, 0.29) is 18.1 Å². The van der Waals surface area contributed by atoms with Crippen LogP contribution in [0.4, 0.5) is 10.5 Å². The van der Waals surface area contributed by atoms with E-state index in [4.69, 9.17) is 9.47 Å². The van der Waals surface area contributed by atoms with E-state index in [1.807, 2.05) is 25.7 Å². The van der Waals surface area contributed by atoms with Crippen LogP contribution in [0.1, 0.15) is 33.6 Å². The molecule has 2 aliphatic heterocycles. The average molecular weight is 433 g/mol. The Bertz CT molecular complexity index is 718. The average Bonchev–Trinajstić information content (AvgIpc) is 2.77. The number of piperidine rings is 1. The van der Waals surface area contributed by atoms with E-state index in [2.05, 4.69) is 15.5 Å². The number of carbonyl (C=O) groups is 2. The summed E-state index contributed by atoms with van der Waals surface area (Å²) in [6.07, 6.45) is 2.38. The van der Waals surface area contributed by atoms with Crippen LogP contribution in [-0.2, 0) is 9.53 Å². The number of benzene rings is 1. The smallest absolute Gasteiger partial charge is 0.344 e. The van der Waals surface area contributed by atoms with E-state index >= 15 is 0 Å². The number of anilines is 1. The predicted molar refractivity (Wildman–Crippen MR) is 120 cm³/mol. The van der Waals surface area contributed by atoms with Crippen molar-refractivity contribution in [2.24, 2.45) is 5.41 Å². The molecule has 2 fully saturated rings. The summed E-state index contributed by atoms with van der Waals surface area (Å²) in [6.45, 7) is 11.7. The minimum absolute atomic E-state index is 0.0739. The second kappa shape index (κ2) is 10.8. The van der Waals surface area contributed by atoms with Crippen LogP contribution in [0, 0.1) is 5.41 Å². The Morgan fingerprint density at radius 1 is 1.06 bits per heavy atom. The number of nitrogens with zero attached hydrogens (tertiary/aromatic N) is 2. The van der Waals surface area contributed by atoms with E-state index in [1.165, 1.54) is 12.8 Å². The molecule has 8 heteroatoms. The summed E-state index contributed by atoms with van der Waals surface area (Å²) in [5, 5.41) is 6.35. The normalized spacial score (nSPS) is 18.5. The highest BCUT2D eigenvalue weighted by Gasteiger charge is 2.27. The molecule has 0 spiro atoms. The minimum Gasteiger partial charge on any atom is -0.482 e. The number of amides is 2. The van der Waals surface area contributed by atoms with Gasteiger partial charge in [-0.15, -0.1) is 0 Å². The van der Waals surface area contributed by atoms with E-state index in [1.54, 1.807) is 24.3 Å². The fraction of sp³-hybridized carbons (Fsp3) is 0.652. The summed E-state index contributed by atoms with van der Waals surface area (Å²) < 4.78 is 10.7. The zero-order valence-electron chi connectivity index (χ0n) is 19.0. The first-order chi connectivity index (χ1) is 14.8. The zero-order chi connectivity index (χ0) is 22.3. The number of nitrogens with one attached hydrogen (secondary N) is 2. The Hall–Kier alpha value is -2.32. The van der Waals surface area contributed by atoms with Gasteiger partial charge in [0, 0.05) is 37.9 Å². The first kappa shape index (κ1) is 23.3. The Morgan fingerprint density at radius 3 is 2.32 bits per heavy atom. The highest BCUT2D eigenvalue weighted by molar-refractivity contribution is 5.89. The first-order valence-corrected chi connectivity index (χ1v) is 11.2. The second-order valence-corrected chi connectivity index (χ2v) is 9.47. The molecule has 31 heavy (non-hydrogen) atoms. The highest BCUT2D eigenvalue weighted by atomic mass is 16.6. The third-order valence-electron chi connectivity index (χ3n) is 5.55. The van der Waals surface area contributed by atoms with Crippen molar-refractivity contribution in [2.75, 3.05) is 57.8 Å². The van der Waals surface area contributed by atoms with Crippen molar-refractivity contribution in [3.63, 3.8) is 0 Å². The molecule has 0 aromatic heterocycles. The van der Waals surface area contributed by atoms with Gasteiger partial charge < -0.3 is 25.0 Å². The second-order valence-electron chi connectivity index (χ2n) is 9.47. The summed E-state index contributed by atoms with van der Waals surface area (Å²) in [7, 11) is 0. The molecule has 0 bridgehead atoms. The largest absolute Gasteiger partial charge is 0.482 e. The minimum atomic E-state index is -0.393. The van der Waals surface area contributed by atoms with Crippen molar-refractivity contribution in [1.29, 1.82) is 0 Å². The van der Waals surface area contributed by atoms with Gasteiger partial charge in [-0.3, -0.25) is 4.90 Å². The zero-order valence-corrected chi connectivity index (χ0v) is 19.0. The van der Waals surface area contributed by atoms with E-state index in [0.29, 0.717) is 24.1 Å². The topological polar surface area (TPSA) is 83.1 Å². The number of piperazine rings is 1. The third-order valence-corrected chi connectivity index (χ3v) is 5.55. The highest BCUT2D eigenvalue weighted by Crippen LogP contribution is 2.18. The van der Waals surface area contributed by atoms with Crippen molar-refractivity contribution in [1.82, 2.24) is 15.1 Å². The number of hydrogen-bond acceptors (Lipinski definition) is 6. The predicted octanol–water partition coefficient (Wildman–Crippen LogP) is 2.56. The fourth-order valence-corrected chi connectivity index (χ4v) is 3.78. The molecule has 0 radical (unpaired) electrons. The SMILES string of the molecule is CC(C)(C)COC(=O)COc1ccc(NC(=O)N2CCN(C3CCNCC3)CC2)cc1. The molecule has 0 atom stereocenters. The number of urea groups is 1. The molecule has 2 N–H and O–H groups in total. The van der Waals surface area contributed by atoms with Crippen molar-refractivity contribution in [2.45, 2.75) is 39.7 Å². The van der Waals surface area contributed by atoms with Crippen LogP contribution in [0.5, 0.6) is 5.75 Å². The molecular formula is C23H36N4O4. The van der Waals surface area contributed by atoms with Crippen LogP contribution in [0.2, 0.25) is 0 Å². The molecule has 2 saturated heterocycles. The van der Waals surface area contributed by atoms with Gasteiger partial charge in [0.05, 0.1) is 6.61 Å². The Labute approximate surface area is 185 Å². The molecule has 0 aliphatic carbocycles. The maximum atomic E-state index is 12.6. The van der Waals surface area contributed by atoms with E-state index < -0.39 is 5.97 Å². The number of carbonyl (C=O) groups excluding carboxylic acids is 2. The molecule has 2 aliphatic rings. The van der Waals surface area contributed by atoms with Gasteiger partial charge in [-0.1, -0.05) is 20.8 Å². The van der Waals surface area contributed by atoms with Gasteiger partial charge in [-0.25, -0.2) is 9.59 Å². The van der Waals surface area contributed by atoms with Gasteiger partial charge in [0.25, 0.3) is 0 Å². The standard InChI is InChI=1S/C23H36N4O4/c1-23(2,3)17-31-21(28)16-30-20-6-4-18(5-7-20)25-22(29)27-14-12-26(13-15-27)19-8-10-24-11-9-19/h4-7,19,24H,8-17H2,1-3H3,(H,25,29). The van der Waals surface area contributed by atoms with Gasteiger partial charge >= 0.3 is 12.0 Å². The molecule has 3 rings (SSSR count). The van der Waals surface area contributed by atoms with E-state index in [0.717, 1.165) is 39.3 Å². The van der Waals surface area contributed by atoms with Crippen molar-refractivity contribution in [3.05, 3.63) is 24.3 Å². The summed E-state index contributed by atoms with van der Waals surface area (Å²) >= 11 is 0. The Morgan fingerprint density at radius 2 is 1.71 bits per heavy atom. The van der Waals surface area contributed by atoms with Gasteiger partial charge in [0.2, 0.25) is 0 Å². The fourth-order valence-electron chi connectivity index (χ4n) is 3.78. The molecule has 0 unspecified atom stereocenters. The molecule has 1 aromatic carbocycles. The molecular weight excluding hydrogens is 396 g/mol. The van der Waals surface area contributed by atoms with Crippen LogP contribution >= 0.6 is 0 Å². The molecule has 8 nitrogen and oxygen atoms in total. The maximum Gasteiger partial charge on any atom is 0.344 e. The van der Waals surface area contributed by atoms with Crippen molar-refractivity contribution >= 4 is 17.7 Å². The van der Waals surface area contributed by atoms with Gasteiger partial charge in [0.1, 0.15) is 5.75 Å². The van der Waals surface area contributed by atoms with Crippen LogP contribution in [-0.4, -0.2) is 80.3 Å². The lowest BCUT2D eigenvalue weighted by molar-refractivity contribution is -0.148. The third kappa shape index (κ3) is 7.70. The molecule has 172 valence electrons. The van der Waals surface area contributed by atoms with Crippen LogP contribution < -0.4 is 15.4 Å². The first-order valence-electron chi connectivity index (χ1n) is 11.2. The molecule has 0 saturated carbocycles. The number of hydrogen-bond donors (Lipinski definition) is 2. The van der Waals surface area contributed by atoms with E-state index in [9.17, 15) is 9.59 Å². The Balaban J connectivity index is 1.38. The number of ether oxygens (including phenoxy) is 2. The van der Waals surface area contributed by atoms with Crippen LogP contribution in [0.25, 0.3) is 0 Å². The van der Waals surface area contributed by atoms with Crippen molar-refractivity contribution in [3.8, 4) is 5.75 Å². The summed E-state index contributed by atoms with van der Waals surface area (Å²) in [5.74, 6) is 0.164. The lowest BCUT2D eigenvalue weighted by Crippen LogP contribution is -2.54. The molecule has 2 heterocycles. The quantitative estimate of drug-likeness (QED) is 0.673. The molecule has 2 amide bonds. The lowest BCUT2D eigenvalue weighted by atomic mass is 9.99. The van der Waals surface area contributed by atoms with Crippen molar-refractivity contribution < 1.29 is 19.1 Å². The van der Waals surface area contributed by atoms with Gasteiger partial charge in [-0.05, 0) is 55.6 Å². The number of rotatable bonds is 6. The van der Waals surface area contributed by atoms with Crippen LogP contribution in [0.3, 0.4) is 0 Å². The lowest BCUT2D eigenvalue weighted by Gasteiger charge is -2.40. The number of esters is 1. The van der Waals surface area contributed by atoms with Gasteiger partial charge in [0.15, 0.2) is 6.61 Å². The monoisotopic (exact) mass is 432 g/mol. The summed E-state index contributed by atoms with van der Waals surface area (Å²) in [6, 6.07) is 7.59. The summed E-state index contributed by atoms with van der Waals surface area (Å²) in [5.41, 5.74) is 0.628. The summed E-state index contributed by atoms with van der Waals surface area (Å²) in [4.78, 5) is 28.7. The Kier molecular flexibility index (Phi) is 8.15. The van der Waals surface area contributed by atoms with Gasteiger partial charge in [-0.2, -0.15) is 0 Å².